The number of aldehydes is 1. The van der Waals surface area contributed by atoms with Crippen LogP contribution in [0, 0.1) is 10.1 Å². The minimum atomic E-state index is -0.538. The molecule has 0 spiro atoms. The second-order valence-electron chi connectivity index (χ2n) is 3.62. The molecule has 7 nitrogen and oxygen atoms in total. The van der Waals surface area contributed by atoms with Gasteiger partial charge in [0.25, 0.3) is 5.69 Å². The van der Waals surface area contributed by atoms with Gasteiger partial charge < -0.3 is 0 Å². The van der Waals surface area contributed by atoms with E-state index < -0.39 is 4.92 Å². The zero-order valence-corrected chi connectivity index (χ0v) is 10.8. The molecule has 2 rings (SSSR count). The van der Waals surface area contributed by atoms with Gasteiger partial charge in [0.2, 0.25) is 5.16 Å². The van der Waals surface area contributed by atoms with Gasteiger partial charge in [-0.3, -0.25) is 20.0 Å². The number of nitrogens with one attached hydrogen (secondary N) is 1. The third-order valence-corrected chi connectivity index (χ3v) is 3.34. The zero-order valence-electron chi connectivity index (χ0n) is 9.99. The molecule has 19 heavy (non-hydrogen) atoms. The molecule has 1 aromatic heterocycles. The van der Waals surface area contributed by atoms with E-state index in [9.17, 15) is 14.9 Å². The monoisotopic (exact) mass is 278 g/mol. The van der Waals surface area contributed by atoms with Crippen molar-refractivity contribution in [2.45, 2.75) is 23.4 Å². The van der Waals surface area contributed by atoms with E-state index in [1.807, 2.05) is 6.92 Å². The number of nitro groups is 1. The van der Waals surface area contributed by atoms with E-state index in [1.54, 1.807) is 0 Å². The Balaban J connectivity index is 2.29. The summed E-state index contributed by atoms with van der Waals surface area (Å²) < 4.78 is 0. The average Bonchev–Trinajstić information content (AvgIpc) is 2.86. The molecule has 0 fully saturated rings. The van der Waals surface area contributed by atoms with Crippen LogP contribution in [0.2, 0.25) is 0 Å². The minimum absolute atomic E-state index is 0.115. The van der Waals surface area contributed by atoms with Gasteiger partial charge in [0.15, 0.2) is 6.29 Å². The second kappa shape index (κ2) is 5.61. The van der Waals surface area contributed by atoms with Gasteiger partial charge in [-0.25, -0.2) is 4.98 Å². The Labute approximate surface area is 112 Å². The van der Waals surface area contributed by atoms with Crippen molar-refractivity contribution in [3.63, 3.8) is 0 Å². The van der Waals surface area contributed by atoms with Crippen LogP contribution in [0.15, 0.2) is 28.3 Å². The summed E-state index contributed by atoms with van der Waals surface area (Å²) in [5.74, 6) is 0.747. The standard InChI is InChI=1S/C11H10N4O3S/c1-2-10-12-11(14-13-10)19-9-4-3-8(15(17)18)5-7(9)6-16/h3-6H,2H2,1H3,(H,12,13,14). The molecule has 8 heteroatoms. The molecule has 0 amide bonds. The van der Waals surface area contributed by atoms with Crippen LogP contribution in [0.3, 0.4) is 0 Å². The van der Waals surface area contributed by atoms with Gasteiger partial charge in [0.05, 0.1) is 4.92 Å². The summed E-state index contributed by atoms with van der Waals surface area (Å²) in [6.45, 7) is 1.94. The fraction of sp³-hybridized carbons (Fsp3) is 0.182. The molecular weight excluding hydrogens is 268 g/mol. The lowest BCUT2D eigenvalue weighted by atomic mass is 10.2. The Hall–Kier alpha value is -2.22. The molecule has 1 N–H and O–H groups in total. The Bertz CT molecular complexity index is 626. The molecule has 0 bridgehead atoms. The number of hydrogen-bond donors (Lipinski definition) is 1. The topological polar surface area (TPSA) is 102 Å². The lowest BCUT2D eigenvalue weighted by molar-refractivity contribution is -0.384. The van der Waals surface area contributed by atoms with Crippen LogP contribution in [0.4, 0.5) is 5.69 Å². The molecule has 0 aliphatic heterocycles. The number of aromatic amines is 1. The smallest absolute Gasteiger partial charge is 0.270 e. The number of aromatic nitrogens is 3. The molecule has 2 aromatic rings. The minimum Gasteiger partial charge on any atom is -0.298 e. The highest BCUT2D eigenvalue weighted by molar-refractivity contribution is 7.99. The number of hydrogen-bond acceptors (Lipinski definition) is 6. The summed E-state index contributed by atoms with van der Waals surface area (Å²) in [7, 11) is 0. The maximum absolute atomic E-state index is 11.0. The van der Waals surface area contributed by atoms with E-state index >= 15 is 0 Å². The van der Waals surface area contributed by atoms with E-state index in [-0.39, 0.29) is 11.3 Å². The van der Waals surface area contributed by atoms with E-state index in [4.69, 9.17) is 0 Å². The summed E-state index contributed by atoms with van der Waals surface area (Å²) in [5, 5.41) is 17.9. The number of H-pyrrole nitrogens is 1. The molecule has 0 saturated carbocycles. The molecule has 0 aliphatic carbocycles. The number of nitro benzene ring substituents is 1. The fourth-order valence-corrected chi connectivity index (χ4v) is 2.22. The predicted octanol–water partition coefficient (Wildman–Crippen LogP) is 2.24. The van der Waals surface area contributed by atoms with Crippen molar-refractivity contribution in [3.05, 3.63) is 39.7 Å². The molecule has 0 aliphatic rings. The second-order valence-corrected chi connectivity index (χ2v) is 4.63. The summed E-state index contributed by atoms with van der Waals surface area (Å²) >= 11 is 1.19. The Kier molecular flexibility index (Phi) is 3.91. The molecule has 0 unspecified atom stereocenters. The van der Waals surface area contributed by atoms with Gasteiger partial charge >= 0.3 is 0 Å². The van der Waals surface area contributed by atoms with E-state index in [2.05, 4.69) is 15.2 Å². The van der Waals surface area contributed by atoms with Crippen LogP contribution in [0.5, 0.6) is 0 Å². The number of nitrogens with zero attached hydrogens (tertiary/aromatic N) is 3. The molecular formula is C11H10N4O3S. The molecule has 0 atom stereocenters. The molecule has 1 aromatic carbocycles. The summed E-state index contributed by atoms with van der Waals surface area (Å²) in [4.78, 5) is 25.9. The van der Waals surface area contributed by atoms with Gasteiger partial charge in [-0.2, -0.15) is 0 Å². The first-order valence-corrected chi connectivity index (χ1v) is 6.28. The SMILES string of the molecule is CCc1nc(Sc2ccc([N+](=O)[O-])cc2C=O)n[nH]1. The fourth-order valence-electron chi connectivity index (χ4n) is 1.41. The van der Waals surface area contributed by atoms with Crippen LogP contribution in [-0.2, 0) is 6.42 Å². The van der Waals surface area contributed by atoms with Crippen molar-refractivity contribution in [2.24, 2.45) is 0 Å². The average molecular weight is 278 g/mol. The number of benzene rings is 1. The summed E-state index contributed by atoms with van der Waals surface area (Å²) in [6.07, 6.45) is 1.32. The number of rotatable bonds is 5. The van der Waals surface area contributed by atoms with Gasteiger partial charge in [-0.05, 0) is 17.8 Å². The predicted molar refractivity (Wildman–Crippen MR) is 68.4 cm³/mol. The third kappa shape index (κ3) is 2.97. The Morgan fingerprint density at radius 3 is 2.89 bits per heavy atom. The van der Waals surface area contributed by atoms with Crippen LogP contribution in [-0.4, -0.2) is 26.4 Å². The number of carbonyl (C=O) groups is 1. The third-order valence-electron chi connectivity index (χ3n) is 2.38. The van der Waals surface area contributed by atoms with E-state index in [1.165, 1.54) is 30.0 Å². The molecule has 98 valence electrons. The van der Waals surface area contributed by atoms with Gasteiger partial charge in [0, 0.05) is 29.0 Å². The summed E-state index contributed by atoms with van der Waals surface area (Å²) in [6, 6.07) is 4.11. The highest BCUT2D eigenvalue weighted by Crippen LogP contribution is 2.29. The van der Waals surface area contributed by atoms with E-state index in [0.29, 0.717) is 16.3 Å². The van der Waals surface area contributed by atoms with Crippen molar-refractivity contribution in [1.29, 1.82) is 0 Å². The van der Waals surface area contributed by atoms with Crippen LogP contribution >= 0.6 is 11.8 Å². The highest BCUT2D eigenvalue weighted by atomic mass is 32.2. The normalized spacial score (nSPS) is 10.4. The number of aryl methyl sites for hydroxylation is 1. The first-order chi connectivity index (χ1) is 9.13. The maximum Gasteiger partial charge on any atom is 0.270 e. The van der Waals surface area contributed by atoms with Crippen LogP contribution in [0.25, 0.3) is 0 Å². The lowest BCUT2D eigenvalue weighted by Crippen LogP contribution is -1.92. The van der Waals surface area contributed by atoms with Crippen molar-refractivity contribution < 1.29 is 9.72 Å². The van der Waals surface area contributed by atoms with Crippen LogP contribution < -0.4 is 0 Å². The van der Waals surface area contributed by atoms with Gasteiger partial charge in [0.1, 0.15) is 5.82 Å². The van der Waals surface area contributed by atoms with E-state index in [0.717, 1.165) is 12.2 Å². The van der Waals surface area contributed by atoms with Gasteiger partial charge in [-0.1, -0.05) is 6.92 Å². The Morgan fingerprint density at radius 1 is 1.53 bits per heavy atom. The molecule has 0 saturated heterocycles. The quantitative estimate of drug-likeness (QED) is 0.511. The molecule has 0 radical (unpaired) electrons. The molecule has 1 heterocycles. The van der Waals surface area contributed by atoms with Crippen LogP contribution in [0.1, 0.15) is 23.1 Å². The highest BCUT2D eigenvalue weighted by Gasteiger charge is 2.13. The van der Waals surface area contributed by atoms with Crippen molar-refractivity contribution in [1.82, 2.24) is 15.2 Å². The number of carbonyl (C=O) groups excluding carboxylic acids is 1. The zero-order chi connectivity index (χ0) is 13.8. The van der Waals surface area contributed by atoms with Gasteiger partial charge in [-0.15, -0.1) is 5.10 Å². The largest absolute Gasteiger partial charge is 0.298 e. The Morgan fingerprint density at radius 2 is 2.32 bits per heavy atom. The number of non-ortho nitro benzene ring substituents is 1. The first kappa shape index (κ1) is 13.2. The maximum atomic E-state index is 11.0. The van der Waals surface area contributed by atoms with Crippen molar-refractivity contribution in [3.8, 4) is 0 Å². The summed E-state index contributed by atoms with van der Waals surface area (Å²) in [5.41, 5.74) is 0.137. The van der Waals surface area contributed by atoms with Crippen molar-refractivity contribution in [2.75, 3.05) is 0 Å². The first-order valence-electron chi connectivity index (χ1n) is 5.46. The lowest BCUT2D eigenvalue weighted by Gasteiger charge is -2.01. The van der Waals surface area contributed by atoms with Crippen molar-refractivity contribution >= 4 is 23.7 Å².